The second kappa shape index (κ2) is 7.31. The van der Waals surface area contributed by atoms with E-state index in [2.05, 4.69) is 28.8 Å². The summed E-state index contributed by atoms with van der Waals surface area (Å²) in [5.74, 6) is 0. The first-order valence-corrected chi connectivity index (χ1v) is 8.06. The molecule has 17 heavy (non-hydrogen) atoms. The maximum atomic E-state index is 12.0. The number of nitrogens with one attached hydrogen (secondary N) is 2. The lowest BCUT2D eigenvalue weighted by atomic mass is 10.2. The van der Waals surface area contributed by atoms with Crippen molar-refractivity contribution in [3.63, 3.8) is 0 Å². The van der Waals surface area contributed by atoms with Crippen molar-refractivity contribution in [1.29, 1.82) is 0 Å². The Hall–Kier alpha value is -0.170. The summed E-state index contributed by atoms with van der Waals surface area (Å²) in [4.78, 5) is 2.21. The average molecular weight is 263 g/mol. The summed E-state index contributed by atoms with van der Waals surface area (Å²) in [6.07, 6.45) is 1.45. The fourth-order valence-corrected chi connectivity index (χ4v) is 3.58. The third kappa shape index (κ3) is 4.91. The zero-order chi connectivity index (χ0) is 12.7. The molecule has 1 aliphatic heterocycles. The van der Waals surface area contributed by atoms with Gasteiger partial charge in [0.05, 0.1) is 5.25 Å². The summed E-state index contributed by atoms with van der Waals surface area (Å²) in [6, 6.07) is 0. The SMILES string of the molecule is CCN(CC)CCNS(=O)(=O)C1CCNCC1. The highest BCUT2D eigenvalue weighted by Crippen LogP contribution is 2.11. The number of piperidine rings is 1. The Kier molecular flexibility index (Phi) is 6.40. The van der Waals surface area contributed by atoms with Crippen LogP contribution in [0, 0.1) is 0 Å². The van der Waals surface area contributed by atoms with Crippen molar-refractivity contribution in [2.24, 2.45) is 0 Å². The number of likely N-dealkylation sites (N-methyl/N-ethyl adjacent to an activating group) is 1. The third-order valence-electron chi connectivity index (χ3n) is 3.35. The molecule has 6 heteroatoms. The fraction of sp³-hybridized carbons (Fsp3) is 1.00. The molecular formula is C11H25N3O2S. The van der Waals surface area contributed by atoms with Crippen molar-refractivity contribution in [1.82, 2.24) is 14.9 Å². The van der Waals surface area contributed by atoms with Crippen LogP contribution < -0.4 is 10.0 Å². The van der Waals surface area contributed by atoms with Gasteiger partial charge in [-0.05, 0) is 39.0 Å². The molecule has 0 radical (unpaired) electrons. The Morgan fingerprint density at radius 3 is 2.35 bits per heavy atom. The highest BCUT2D eigenvalue weighted by molar-refractivity contribution is 7.90. The summed E-state index contributed by atoms with van der Waals surface area (Å²) in [5.41, 5.74) is 0. The highest BCUT2D eigenvalue weighted by atomic mass is 32.2. The van der Waals surface area contributed by atoms with Crippen LogP contribution in [0.3, 0.4) is 0 Å². The standard InChI is InChI=1S/C11H25N3O2S/c1-3-14(4-2)10-9-13-17(15,16)11-5-7-12-8-6-11/h11-13H,3-10H2,1-2H3. The number of rotatable bonds is 7. The molecule has 0 saturated carbocycles. The van der Waals surface area contributed by atoms with Crippen LogP contribution in [0.5, 0.6) is 0 Å². The molecule has 0 aromatic carbocycles. The molecule has 0 atom stereocenters. The van der Waals surface area contributed by atoms with Crippen molar-refractivity contribution in [3.05, 3.63) is 0 Å². The first-order chi connectivity index (χ1) is 8.10. The fourth-order valence-electron chi connectivity index (χ4n) is 2.11. The highest BCUT2D eigenvalue weighted by Gasteiger charge is 2.26. The summed E-state index contributed by atoms with van der Waals surface area (Å²) < 4.78 is 26.7. The minimum absolute atomic E-state index is 0.208. The molecule has 1 rings (SSSR count). The molecule has 1 aliphatic rings. The summed E-state index contributed by atoms with van der Waals surface area (Å²) in [6.45, 7) is 9.03. The van der Waals surface area contributed by atoms with Crippen LogP contribution >= 0.6 is 0 Å². The molecule has 2 N–H and O–H groups in total. The second-order valence-corrected chi connectivity index (χ2v) is 6.46. The number of sulfonamides is 1. The molecule has 5 nitrogen and oxygen atoms in total. The van der Waals surface area contributed by atoms with Gasteiger partial charge in [-0.25, -0.2) is 13.1 Å². The Balaban J connectivity index is 2.33. The number of hydrogen-bond donors (Lipinski definition) is 2. The summed E-state index contributed by atoms with van der Waals surface area (Å²) >= 11 is 0. The maximum absolute atomic E-state index is 12.0. The quantitative estimate of drug-likeness (QED) is 0.679. The van der Waals surface area contributed by atoms with Gasteiger partial charge in [0.25, 0.3) is 0 Å². The Morgan fingerprint density at radius 2 is 1.82 bits per heavy atom. The van der Waals surface area contributed by atoms with Crippen molar-refractivity contribution < 1.29 is 8.42 Å². The largest absolute Gasteiger partial charge is 0.317 e. The van der Waals surface area contributed by atoms with Crippen LogP contribution in [-0.4, -0.2) is 57.8 Å². The topological polar surface area (TPSA) is 61.4 Å². The van der Waals surface area contributed by atoms with Gasteiger partial charge in [0, 0.05) is 13.1 Å². The first kappa shape index (κ1) is 14.9. The van der Waals surface area contributed by atoms with Gasteiger partial charge in [-0.2, -0.15) is 0 Å². The van der Waals surface area contributed by atoms with Gasteiger partial charge in [-0.1, -0.05) is 13.8 Å². The average Bonchev–Trinajstić information content (AvgIpc) is 2.36. The van der Waals surface area contributed by atoms with Crippen molar-refractivity contribution in [3.8, 4) is 0 Å². The Morgan fingerprint density at radius 1 is 1.24 bits per heavy atom. The lowest BCUT2D eigenvalue weighted by Crippen LogP contribution is -2.43. The smallest absolute Gasteiger partial charge is 0.214 e. The summed E-state index contributed by atoms with van der Waals surface area (Å²) in [5, 5.41) is 2.97. The lowest BCUT2D eigenvalue weighted by Gasteiger charge is -2.24. The van der Waals surface area contributed by atoms with Crippen LogP contribution in [0.1, 0.15) is 26.7 Å². The van der Waals surface area contributed by atoms with Gasteiger partial charge >= 0.3 is 0 Å². The van der Waals surface area contributed by atoms with Crippen LogP contribution in [-0.2, 0) is 10.0 Å². The van der Waals surface area contributed by atoms with Crippen LogP contribution in [0.15, 0.2) is 0 Å². The summed E-state index contributed by atoms with van der Waals surface area (Å²) in [7, 11) is -3.11. The van der Waals surface area contributed by atoms with E-state index in [9.17, 15) is 8.42 Å². The lowest BCUT2D eigenvalue weighted by molar-refractivity contribution is 0.308. The molecule has 0 aromatic heterocycles. The van der Waals surface area contributed by atoms with E-state index >= 15 is 0 Å². The molecule has 0 spiro atoms. The molecule has 1 heterocycles. The Bertz CT molecular complexity index is 296. The zero-order valence-corrected chi connectivity index (χ0v) is 11.7. The zero-order valence-electron chi connectivity index (χ0n) is 10.9. The van der Waals surface area contributed by atoms with Crippen LogP contribution in [0.25, 0.3) is 0 Å². The Labute approximate surface area is 105 Å². The maximum Gasteiger partial charge on any atom is 0.214 e. The molecule has 102 valence electrons. The van der Waals surface area contributed by atoms with Gasteiger partial charge in [0.2, 0.25) is 10.0 Å². The first-order valence-electron chi connectivity index (χ1n) is 6.51. The minimum Gasteiger partial charge on any atom is -0.317 e. The number of nitrogens with zero attached hydrogens (tertiary/aromatic N) is 1. The molecule has 0 aromatic rings. The van der Waals surface area contributed by atoms with E-state index in [1.807, 2.05) is 0 Å². The molecule has 0 bridgehead atoms. The van der Waals surface area contributed by atoms with Crippen molar-refractivity contribution >= 4 is 10.0 Å². The normalized spacial score (nSPS) is 18.8. The molecule has 1 fully saturated rings. The van der Waals surface area contributed by atoms with E-state index in [1.165, 1.54) is 0 Å². The molecule has 0 amide bonds. The molecule has 0 aliphatic carbocycles. The molecule has 1 saturated heterocycles. The van der Waals surface area contributed by atoms with Crippen LogP contribution in [0.2, 0.25) is 0 Å². The van der Waals surface area contributed by atoms with Gasteiger partial charge in [-0.3, -0.25) is 0 Å². The predicted octanol–water partition coefficient (Wildman–Crippen LogP) is -0.000400. The van der Waals surface area contributed by atoms with Gasteiger partial charge in [0.15, 0.2) is 0 Å². The molecule has 0 unspecified atom stereocenters. The van der Waals surface area contributed by atoms with E-state index in [0.29, 0.717) is 6.54 Å². The van der Waals surface area contributed by atoms with Crippen molar-refractivity contribution in [2.45, 2.75) is 31.9 Å². The van der Waals surface area contributed by atoms with Gasteiger partial charge in [0.1, 0.15) is 0 Å². The van der Waals surface area contributed by atoms with Crippen LogP contribution in [0.4, 0.5) is 0 Å². The predicted molar refractivity (Wildman–Crippen MR) is 70.6 cm³/mol. The minimum atomic E-state index is -3.11. The number of hydrogen-bond acceptors (Lipinski definition) is 4. The third-order valence-corrected chi connectivity index (χ3v) is 5.31. The monoisotopic (exact) mass is 263 g/mol. The van der Waals surface area contributed by atoms with E-state index in [1.54, 1.807) is 0 Å². The van der Waals surface area contributed by atoms with E-state index < -0.39 is 10.0 Å². The van der Waals surface area contributed by atoms with E-state index in [4.69, 9.17) is 0 Å². The van der Waals surface area contributed by atoms with E-state index in [0.717, 1.165) is 45.6 Å². The van der Waals surface area contributed by atoms with Crippen molar-refractivity contribution in [2.75, 3.05) is 39.3 Å². The van der Waals surface area contributed by atoms with Gasteiger partial charge in [-0.15, -0.1) is 0 Å². The van der Waals surface area contributed by atoms with Gasteiger partial charge < -0.3 is 10.2 Å². The van der Waals surface area contributed by atoms with E-state index in [-0.39, 0.29) is 5.25 Å². The molecular weight excluding hydrogens is 238 g/mol. The second-order valence-electron chi connectivity index (χ2n) is 4.42.